The molecule has 0 saturated heterocycles. The highest BCUT2D eigenvalue weighted by Crippen LogP contribution is 2.30. The standard InChI is InChI=1S/C12H12F3N3/c1-7-11(8(2)18-17-7)16-10-5-3-9(4-6-10)12(13,14)15/h3-6,16H,1-2H3,(H,17,18). The van der Waals surface area contributed by atoms with Gasteiger partial charge in [0.2, 0.25) is 0 Å². The zero-order valence-electron chi connectivity index (χ0n) is 9.89. The van der Waals surface area contributed by atoms with Gasteiger partial charge in [0, 0.05) is 5.69 Å². The lowest BCUT2D eigenvalue weighted by atomic mass is 10.2. The van der Waals surface area contributed by atoms with Gasteiger partial charge in [-0.2, -0.15) is 18.3 Å². The fourth-order valence-electron chi connectivity index (χ4n) is 1.62. The van der Waals surface area contributed by atoms with Crippen LogP contribution in [0.1, 0.15) is 17.0 Å². The number of anilines is 2. The first-order chi connectivity index (χ1) is 8.38. The van der Waals surface area contributed by atoms with Crippen LogP contribution in [0.4, 0.5) is 24.5 Å². The van der Waals surface area contributed by atoms with E-state index in [2.05, 4.69) is 15.5 Å². The molecule has 3 nitrogen and oxygen atoms in total. The molecule has 1 heterocycles. The second-order valence-corrected chi connectivity index (χ2v) is 4.01. The molecule has 0 unspecified atom stereocenters. The van der Waals surface area contributed by atoms with Crippen molar-refractivity contribution in [2.24, 2.45) is 0 Å². The highest BCUT2D eigenvalue weighted by molar-refractivity contribution is 5.64. The van der Waals surface area contributed by atoms with Crippen molar-refractivity contribution in [3.8, 4) is 0 Å². The summed E-state index contributed by atoms with van der Waals surface area (Å²) in [7, 11) is 0. The second kappa shape index (κ2) is 4.36. The largest absolute Gasteiger partial charge is 0.416 e. The summed E-state index contributed by atoms with van der Waals surface area (Å²) in [6.45, 7) is 3.66. The first-order valence-corrected chi connectivity index (χ1v) is 5.34. The molecule has 0 radical (unpaired) electrons. The van der Waals surface area contributed by atoms with Crippen molar-refractivity contribution in [3.05, 3.63) is 41.2 Å². The number of aromatic amines is 1. The van der Waals surface area contributed by atoms with Gasteiger partial charge in [0.1, 0.15) is 0 Å². The molecule has 0 atom stereocenters. The molecule has 0 amide bonds. The number of rotatable bonds is 2. The van der Waals surface area contributed by atoms with Crippen LogP contribution in [-0.2, 0) is 6.18 Å². The minimum Gasteiger partial charge on any atom is -0.353 e. The fourth-order valence-corrected chi connectivity index (χ4v) is 1.62. The van der Waals surface area contributed by atoms with Crippen LogP contribution in [0.2, 0.25) is 0 Å². The van der Waals surface area contributed by atoms with Crippen LogP contribution in [0.5, 0.6) is 0 Å². The van der Waals surface area contributed by atoms with Crippen molar-refractivity contribution in [1.29, 1.82) is 0 Å². The number of aromatic nitrogens is 2. The summed E-state index contributed by atoms with van der Waals surface area (Å²) in [4.78, 5) is 0. The Morgan fingerprint density at radius 3 is 2.17 bits per heavy atom. The first kappa shape index (κ1) is 12.5. The number of benzene rings is 1. The number of hydrogen-bond donors (Lipinski definition) is 2. The van der Waals surface area contributed by atoms with Crippen LogP contribution in [0.3, 0.4) is 0 Å². The Morgan fingerprint density at radius 1 is 1.11 bits per heavy atom. The summed E-state index contributed by atoms with van der Waals surface area (Å²) < 4.78 is 37.2. The van der Waals surface area contributed by atoms with E-state index in [1.165, 1.54) is 12.1 Å². The lowest BCUT2D eigenvalue weighted by Gasteiger charge is -2.09. The Labute approximate surface area is 102 Å². The maximum atomic E-state index is 12.4. The van der Waals surface area contributed by atoms with Crippen molar-refractivity contribution in [1.82, 2.24) is 10.2 Å². The number of nitrogens with one attached hydrogen (secondary N) is 2. The molecule has 96 valence electrons. The molecule has 1 aromatic heterocycles. The number of H-pyrrole nitrogens is 1. The summed E-state index contributed by atoms with van der Waals surface area (Å²) in [5, 5.41) is 9.84. The summed E-state index contributed by atoms with van der Waals surface area (Å²) in [5.74, 6) is 0. The summed E-state index contributed by atoms with van der Waals surface area (Å²) in [6.07, 6.45) is -4.31. The molecular formula is C12H12F3N3. The van der Waals surface area contributed by atoms with Crippen molar-refractivity contribution in [2.75, 3.05) is 5.32 Å². The van der Waals surface area contributed by atoms with Gasteiger partial charge in [-0.3, -0.25) is 5.10 Å². The van der Waals surface area contributed by atoms with E-state index in [0.717, 1.165) is 29.2 Å². The molecular weight excluding hydrogens is 243 g/mol. The molecule has 1 aromatic carbocycles. The number of aryl methyl sites for hydroxylation is 2. The van der Waals surface area contributed by atoms with E-state index in [1.54, 1.807) is 0 Å². The Balaban J connectivity index is 2.21. The lowest BCUT2D eigenvalue weighted by molar-refractivity contribution is -0.137. The fraction of sp³-hybridized carbons (Fsp3) is 0.250. The van der Waals surface area contributed by atoms with Crippen LogP contribution in [0, 0.1) is 13.8 Å². The maximum absolute atomic E-state index is 12.4. The minimum atomic E-state index is -4.31. The van der Waals surface area contributed by atoms with Gasteiger partial charge in [0.05, 0.1) is 22.6 Å². The molecule has 0 saturated carbocycles. The average Bonchev–Trinajstić information content (AvgIpc) is 2.60. The molecule has 0 aliphatic rings. The summed E-state index contributed by atoms with van der Waals surface area (Å²) >= 11 is 0. The molecule has 0 spiro atoms. The van der Waals surface area contributed by atoms with Gasteiger partial charge in [-0.1, -0.05) is 0 Å². The molecule has 2 aromatic rings. The van der Waals surface area contributed by atoms with Crippen molar-refractivity contribution in [2.45, 2.75) is 20.0 Å². The first-order valence-electron chi connectivity index (χ1n) is 5.34. The summed E-state index contributed by atoms with van der Waals surface area (Å²) in [5.41, 5.74) is 2.33. The van der Waals surface area contributed by atoms with Crippen LogP contribution < -0.4 is 5.32 Å². The normalized spacial score (nSPS) is 11.6. The van der Waals surface area contributed by atoms with Crippen molar-refractivity contribution < 1.29 is 13.2 Å². The zero-order valence-corrected chi connectivity index (χ0v) is 9.89. The van der Waals surface area contributed by atoms with E-state index in [-0.39, 0.29) is 0 Å². The van der Waals surface area contributed by atoms with E-state index in [4.69, 9.17) is 0 Å². The predicted octanol–water partition coefficient (Wildman–Crippen LogP) is 3.79. The SMILES string of the molecule is Cc1n[nH]c(C)c1Nc1ccc(C(F)(F)F)cc1. The number of nitrogens with zero attached hydrogens (tertiary/aromatic N) is 1. The Morgan fingerprint density at radius 2 is 1.72 bits per heavy atom. The number of alkyl halides is 3. The van der Waals surface area contributed by atoms with Gasteiger partial charge >= 0.3 is 6.18 Å². The van der Waals surface area contributed by atoms with E-state index < -0.39 is 11.7 Å². The topological polar surface area (TPSA) is 40.7 Å². The van der Waals surface area contributed by atoms with E-state index in [1.807, 2.05) is 13.8 Å². The number of halogens is 3. The van der Waals surface area contributed by atoms with Crippen LogP contribution in [0.25, 0.3) is 0 Å². The van der Waals surface area contributed by atoms with Gasteiger partial charge in [-0.25, -0.2) is 0 Å². The second-order valence-electron chi connectivity index (χ2n) is 4.01. The van der Waals surface area contributed by atoms with E-state index in [0.29, 0.717) is 5.69 Å². The monoisotopic (exact) mass is 255 g/mol. The molecule has 6 heteroatoms. The molecule has 2 N–H and O–H groups in total. The minimum absolute atomic E-state index is 0.593. The molecule has 18 heavy (non-hydrogen) atoms. The highest BCUT2D eigenvalue weighted by atomic mass is 19.4. The van der Waals surface area contributed by atoms with Gasteiger partial charge in [0.15, 0.2) is 0 Å². The predicted molar refractivity (Wildman–Crippen MR) is 62.8 cm³/mol. The third-order valence-electron chi connectivity index (χ3n) is 2.61. The Kier molecular flexibility index (Phi) is 3.02. The van der Waals surface area contributed by atoms with Gasteiger partial charge in [-0.15, -0.1) is 0 Å². The van der Waals surface area contributed by atoms with Gasteiger partial charge < -0.3 is 5.32 Å². The molecule has 0 aliphatic heterocycles. The van der Waals surface area contributed by atoms with E-state index in [9.17, 15) is 13.2 Å². The smallest absolute Gasteiger partial charge is 0.353 e. The lowest BCUT2D eigenvalue weighted by Crippen LogP contribution is -2.04. The maximum Gasteiger partial charge on any atom is 0.416 e. The Hall–Kier alpha value is -1.98. The zero-order chi connectivity index (χ0) is 13.3. The van der Waals surface area contributed by atoms with Gasteiger partial charge in [-0.05, 0) is 38.1 Å². The van der Waals surface area contributed by atoms with Gasteiger partial charge in [0.25, 0.3) is 0 Å². The molecule has 0 bridgehead atoms. The van der Waals surface area contributed by atoms with Crippen molar-refractivity contribution >= 4 is 11.4 Å². The van der Waals surface area contributed by atoms with Crippen LogP contribution >= 0.6 is 0 Å². The molecule has 0 fully saturated rings. The van der Waals surface area contributed by atoms with Crippen molar-refractivity contribution in [3.63, 3.8) is 0 Å². The quantitative estimate of drug-likeness (QED) is 0.857. The van der Waals surface area contributed by atoms with E-state index >= 15 is 0 Å². The van der Waals surface area contributed by atoms with Crippen LogP contribution in [0.15, 0.2) is 24.3 Å². The molecule has 2 rings (SSSR count). The molecule has 0 aliphatic carbocycles. The summed E-state index contributed by atoms with van der Waals surface area (Å²) in [6, 6.07) is 4.89. The highest BCUT2D eigenvalue weighted by Gasteiger charge is 2.29. The third kappa shape index (κ3) is 2.47. The third-order valence-corrected chi connectivity index (χ3v) is 2.61. The number of hydrogen-bond acceptors (Lipinski definition) is 2. The average molecular weight is 255 g/mol. The van der Waals surface area contributed by atoms with Crippen LogP contribution in [-0.4, -0.2) is 10.2 Å². The Bertz CT molecular complexity index is 521.